The number of rotatable bonds is 0. The smallest absolute Gasteiger partial charge is 0.133 e. The molecule has 0 aliphatic carbocycles. The van der Waals surface area contributed by atoms with Crippen LogP contribution in [0.15, 0.2) is 17.0 Å². The van der Waals surface area contributed by atoms with Crippen LogP contribution >= 0.6 is 27.5 Å². The summed E-state index contributed by atoms with van der Waals surface area (Å²) >= 11 is 8.59. The predicted octanol–water partition coefficient (Wildman–Crippen LogP) is 1.89. The molecule has 1 aromatic heterocycles. The molecule has 0 fully saturated rings. The molecule has 0 radical (unpaired) electrons. The van der Waals surface area contributed by atoms with Gasteiger partial charge in [-0.25, -0.2) is 9.97 Å². The van der Waals surface area contributed by atoms with Crippen LogP contribution in [0.5, 0.6) is 0 Å². The molecule has 0 saturated heterocycles. The Morgan fingerprint density at radius 3 is 2.62 bits per heavy atom. The summed E-state index contributed by atoms with van der Waals surface area (Å²) in [6.45, 7) is 0. The summed E-state index contributed by atoms with van der Waals surface area (Å²) in [6.07, 6.45) is 1.40. The van der Waals surface area contributed by atoms with E-state index in [1.807, 2.05) is 0 Å². The third kappa shape index (κ3) is 1.42. The number of hydrogen-bond acceptors (Lipinski definition) is 2. The third-order valence-electron chi connectivity index (χ3n) is 0.600. The molecule has 1 rings (SSSR count). The van der Waals surface area contributed by atoms with Gasteiger partial charge < -0.3 is 0 Å². The van der Waals surface area contributed by atoms with Crippen molar-refractivity contribution in [3.63, 3.8) is 0 Å². The lowest BCUT2D eigenvalue weighted by Crippen LogP contribution is -1.76. The molecule has 0 spiro atoms. The number of halogens is 2. The zero-order valence-corrected chi connectivity index (χ0v) is 6.15. The summed E-state index contributed by atoms with van der Waals surface area (Å²) < 4.78 is 0.706. The third-order valence-corrected chi connectivity index (χ3v) is 1.24. The molecule has 4 heteroatoms. The first kappa shape index (κ1) is 5.98. The Labute approximate surface area is 60.0 Å². The molecule has 0 atom stereocenters. The van der Waals surface area contributed by atoms with Gasteiger partial charge in [-0.2, -0.15) is 0 Å². The van der Waals surface area contributed by atoms with Crippen LogP contribution in [-0.2, 0) is 0 Å². The standard InChI is InChI=1S/C4H2BrClN2/c5-3-1-4(6)8-2-7-3/h1-2H. The number of hydrogen-bond donors (Lipinski definition) is 0. The van der Waals surface area contributed by atoms with Crippen LogP contribution in [-0.4, -0.2) is 9.97 Å². The molecule has 0 saturated carbocycles. The highest BCUT2D eigenvalue weighted by molar-refractivity contribution is 9.10. The number of nitrogens with zero attached hydrogens (tertiary/aromatic N) is 2. The van der Waals surface area contributed by atoms with E-state index in [1.165, 1.54) is 6.33 Å². The quantitative estimate of drug-likeness (QED) is 0.588. The van der Waals surface area contributed by atoms with Crippen LogP contribution in [0.4, 0.5) is 0 Å². The minimum Gasteiger partial charge on any atom is -0.229 e. The van der Waals surface area contributed by atoms with Gasteiger partial charge in [-0.05, 0) is 15.9 Å². The molecule has 2 nitrogen and oxygen atoms in total. The molecule has 1 aromatic rings. The van der Waals surface area contributed by atoms with Gasteiger partial charge in [-0.15, -0.1) is 0 Å². The van der Waals surface area contributed by atoms with Crippen molar-refractivity contribution >= 4 is 27.5 Å². The van der Waals surface area contributed by atoms with Gasteiger partial charge in [0.15, 0.2) is 0 Å². The summed E-state index contributed by atoms with van der Waals surface area (Å²) in [5, 5.41) is 0.451. The van der Waals surface area contributed by atoms with Gasteiger partial charge in [0, 0.05) is 6.07 Å². The minimum atomic E-state index is 0.451. The van der Waals surface area contributed by atoms with Gasteiger partial charge >= 0.3 is 0 Å². The minimum absolute atomic E-state index is 0.451. The Morgan fingerprint density at radius 1 is 1.50 bits per heavy atom. The summed E-state index contributed by atoms with van der Waals surface area (Å²) in [7, 11) is 0. The molecule has 1 heterocycles. The summed E-state index contributed by atoms with van der Waals surface area (Å²) in [5.41, 5.74) is 0. The van der Waals surface area contributed by atoms with Crippen molar-refractivity contribution < 1.29 is 0 Å². The van der Waals surface area contributed by atoms with Crippen molar-refractivity contribution in [2.24, 2.45) is 0 Å². The maximum Gasteiger partial charge on any atom is 0.133 e. The fraction of sp³-hybridized carbons (Fsp3) is 0. The Hall–Kier alpha value is -0.150. The van der Waals surface area contributed by atoms with Gasteiger partial charge in [0.05, 0.1) is 0 Å². The van der Waals surface area contributed by atoms with E-state index in [0.717, 1.165) is 0 Å². The number of aromatic nitrogens is 2. The zero-order valence-electron chi connectivity index (χ0n) is 3.81. The highest BCUT2D eigenvalue weighted by Crippen LogP contribution is 2.08. The second-order valence-electron chi connectivity index (χ2n) is 1.16. The van der Waals surface area contributed by atoms with E-state index >= 15 is 0 Å². The van der Waals surface area contributed by atoms with E-state index in [1.54, 1.807) is 6.07 Å². The highest BCUT2D eigenvalue weighted by Gasteiger charge is 1.87. The van der Waals surface area contributed by atoms with E-state index in [4.69, 9.17) is 11.6 Å². The average molecular weight is 193 g/mol. The maximum atomic E-state index is 5.46. The van der Waals surface area contributed by atoms with Crippen LogP contribution in [0.1, 0.15) is 0 Å². The highest BCUT2D eigenvalue weighted by atomic mass is 79.9. The van der Waals surface area contributed by atoms with Crippen molar-refractivity contribution in [1.82, 2.24) is 9.97 Å². The molecule has 0 aliphatic rings. The van der Waals surface area contributed by atoms with E-state index in [2.05, 4.69) is 25.9 Å². The predicted molar refractivity (Wildman–Crippen MR) is 34.7 cm³/mol. The molecule has 8 heavy (non-hydrogen) atoms. The second kappa shape index (κ2) is 2.42. The summed E-state index contributed by atoms with van der Waals surface area (Å²) in [5.74, 6) is 0. The van der Waals surface area contributed by atoms with Crippen LogP contribution in [0.3, 0.4) is 0 Å². The average Bonchev–Trinajstić information content (AvgIpc) is 1.64. The molecular formula is C4H2BrClN2. The van der Waals surface area contributed by atoms with Crippen LogP contribution in [0.2, 0.25) is 5.15 Å². The lowest BCUT2D eigenvalue weighted by atomic mass is 10.7. The summed E-state index contributed by atoms with van der Waals surface area (Å²) in [6, 6.07) is 1.63. The molecule has 0 amide bonds. The SMILES string of the molecule is Clc1cc(Br)ncn1. The van der Waals surface area contributed by atoms with Crippen LogP contribution < -0.4 is 0 Å². The first-order valence-corrected chi connectivity index (χ1v) is 3.09. The monoisotopic (exact) mass is 192 g/mol. The van der Waals surface area contributed by atoms with Gasteiger partial charge in [0.2, 0.25) is 0 Å². The Kier molecular flexibility index (Phi) is 1.81. The van der Waals surface area contributed by atoms with Crippen molar-refractivity contribution in [1.29, 1.82) is 0 Å². The van der Waals surface area contributed by atoms with Gasteiger partial charge in [-0.3, -0.25) is 0 Å². The molecule has 0 unspecified atom stereocenters. The van der Waals surface area contributed by atoms with Crippen molar-refractivity contribution in [2.75, 3.05) is 0 Å². The largest absolute Gasteiger partial charge is 0.229 e. The second-order valence-corrected chi connectivity index (χ2v) is 2.36. The zero-order chi connectivity index (χ0) is 5.98. The van der Waals surface area contributed by atoms with Gasteiger partial charge in [0.1, 0.15) is 16.1 Å². The molecule has 0 bridgehead atoms. The lowest BCUT2D eigenvalue weighted by Gasteiger charge is -1.85. The molecule has 0 N–H and O–H groups in total. The van der Waals surface area contributed by atoms with E-state index in [0.29, 0.717) is 9.76 Å². The van der Waals surface area contributed by atoms with E-state index in [-0.39, 0.29) is 0 Å². The van der Waals surface area contributed by atoms with Crippen molar-refractivity contribution in [3.05, 3.63) is 22.1 Å². The fourth-order valence-corrected chi connectivity index (χ4v) is 0.899. The molecule has 0 aliphatic heterocycles. The van der Waals surface area contributed by atoms with Crippen molar-refractivity contribution in [2.45, 2.75) is 0 Å². The van der Waals surface area contributed by atoms with Crippen LogP contribution in [0.25, 0.3) is 0 Å². The van der Waals surface area contributed by atoms with Gasteiger partial charge in [0.25, 0.3) is 0 Å². The molecule has 42 valence electrons. The Morgan fingerprint density at radius 2 is 2.25 bits per heavy atom. The van der Waals surface area contributed by atoms with E-state index < -0.39 is 0 Å². The first-order valence-electron chi connectivity index (χ1n) is 1.92. The lowest BCUT2D eigenvalue weighted by molar-refractivity contribution is 1.14. The maximum absolute atomic E-state index is 5.46. The fourth-order valence-electron chi connectivity index (χ4n) is 0.312. The van der Waals surface area contributed by atoms with Crippen molar-refractivity contribution in [3.8, 4) is 0 Å². The van der Waals surface area contributed by atoms with Gasteiger partial charge in [-0.1, -0.05) is 11.6 Å². The molecular weight excluding hydrogens is 191 g/mol. The Bertz CT molecular complexity index is 174. The topological polar surface area (TPSA) is 25.8 Å². The molecule has 0 aromatic carbocycles. The Balaban J connectivity index is 3.08. The van der Waals surface area contributed by atoms with Crippen LogP contribution in [0, 0.1) is 0 Å². The first-order chi connectivity index (χ1) is 3.79. The van der Waals surface area contributed by atoms with E-state index in [9.17, 15) is 0 Å². The summed E-state index contributed by atoms with van der Waals surface area (Å²) in [4.78, 5) is 7.43. The normalized spacial score (nSPS) is 9.25.